The van der Waals surface area contributed by atoms with Gasteiger partial charge in [0.25, 0.3) is 5.56 Å². The Kier molecular flexibility index (Phi) is 5.70. The number of fused-ring (bicyclic) bond motifs is 1. The Balaban J connectivity index is 1.47. The second kappa shape index (κ2) is 8.78. The lowest BCUT2D eigenvalue weighted by Crippen LogP contribution is -2.44. The summed E-state index contributed by atoms with van der Waals surface area (Å²) in [4.78, 5) is 32.7. The first-order chi connectivity index (χ1) is 15.6. The predicted molar refractivity (Wildman–Crippen MR) is 127 cm³/mol. The van der Waals surface area contributed by atoms with Crippen molar-refractivity contribution in [3.63, 3.8) is 0 Å². The van der Waals surface area contributed by atoms with E-state index in [9.17, 15) is 4.79 Å². The van der Waals surface area contributed by atoms with Gasteiger partial charge in [0.2, 0.25) is 0 Å². The van der Waals surface area contributed by atoms with Gasteiger partial charge in [-0.05, 0) is 63.1 Å². The normalized spacial score (nSPS) is 18.2. The molecule has 1 saturated carbocycles. The van der Waals surface area contributed by atoms with Crippen molar-refractivity contribution in [2.24, 2.45) is 0 Å². The summed E-state index contributed by atoms with van der Waals surface area (Å²) in [5.41, 5.74) is 8.50. The Bertz CT molecular complexity index is 1150. The standard InChI is InChI=1S/C24H30N6O2/c1-28-13-15-29(16-14-28)18-9-7-17(8-10-18)23-26-22(25)20-11-12-21(31)30(24(20)27-23)32-19-5-3-2-4-6-19/h7-12,19H,2-6,13-16H2,1H3,(H2,25,26,27). The summed E-state index contributed by atoms with van der Waals surface area (Å²) >= 11 is 0. The topological polar surface area (TPSA) is 89.5 Å². The zero-order valence-electron chi connectivity index (χ0n) is 18.5. The van der Waals surface area contributed by atoms with E-state index in [0.717, 1.165) is 57.4 Å². The molecular formula is C24H30N6O2. The molecule has 1 saturated heterocycles. The number of rotatable bonds is 4. The van der Waals surface area contributed by atoms with Gasteiger partial charge in [0, 0.05) is 43.5 Å². The summed E-state index contributed by atoms with van der Waals surface area (Å²) < 4.78 is 1.31. The van der Waals surface area contributed by atoms with Crippen molar-refractivity contribution in [3.8, 4) is 11.4 Å². The van der Waals surface area contributed by atoms with Crippen molar-refractivity contribution in [2.75, 3.05) is 43.9 Å². The number of anilines is 2. The molecule has 32 heavy (non-hydrogen) atoms. The smallest absolute Gasteiger partial charge is 0.285 e. The Hall–Kier alpha value is -3.13. The van der Waals surface area contributed by atoms with Crippen LogP contribution in [0.2, 0.25) is 0 Å². The number of aromatic nitrogens is 3. The number of pyridine rings is 1. The van der Waals surface area contributed by atoms with Crippen LogP contribution < -0.4 is 21.0 Å². The Morgan fingerprint density at radius 1 is 0.938 bits per heavy atom. The van der Waals surface area contributed by atoms with Gasteiger partial charge in [0.05, 0.1) is 5.39 Å². The number of piperazine rings is 1. The van der Waals surface area contributed by atoms with Crippen LogP contribution in [0.25, 0.3) is 22.4 Å². The molecule has 8 nitrogen and oxygen atoms in total. The molecule has 3 aromatic rings. The van der Waals surface area contributed by atoms with E-state index >= 15 is 0 Å². The molecule has 0 atom stereocenters. The second-order valence-corrected chi connectivity index (χ2v) is 8.84. The molecule has 5 rings (SSSR count). The highest BCUT2D eigenvalue weighted by Crippen LogP contribution is 2.26. The van der Waals surface area contributed by atoms with Crippen LogP contribution in [0.4, 0.5) is 11.5 Å². The van der Waals surface area contributed by atoms with E-state index in [1.165, 1.54) is 22.9 Å². The van der Waals surface area contributed by atoms with Gasteiger partial charge in [-0.15, -0.1) is 4.73 Å². The number of nitrogen functional groups attached to an aromatic ring is 1. The Labute approximate surface area is 187 Å². The second-order valence-electron chi connectivity index (χ2n) is 8.84. The van der Waals surface area contributed by atoms with E-state index < -0.39 is 0 Å². The summed E-state index contributed by atoms with van der Waals surface area (Å²) in [5.74, 6) is 0.834. The van der Waals surface area contributed by atoms with Crippen LogP contribution in [0.1, 0.15) is 32.1 Å². The fourth-order valence-electron chi connectivity index (χ4n) is 4.55. The van der Waals surface area contributed by atoms with E-state index in [2.05, 4.69) is 34.0 Å². The van der Waals surface area contributed by atoms with Crippen molar-refractivity contribution in [3.05, 3.63) is 46.8 Å². The maximum Gasteiger partial charge on any atom is 0.285 e. The first kappa shape index (κ1) is 20.8. The minimum Gasteiger partial charge on any atom is -0.405 e. The van der Waals surface area contributed by atoms with Gasteiger partial charge >= 0.3 is 0 Å². The van der Waals surface area contributed by atoms with E-state index in [-0.39, 0.29) is 11.7 Å². The molecule has 0 spiro atoms. The number of hydrogen-bond acceptors (Lipinski definition) is 7. The summed E-state index contributed by atoms with van der Waals surface area (Å²) in [6, 6.07) is 11.4. The minimum absolute atomic E-state index is 0.0227. The van der Waals surface area contributed by atoms with E-state index in [4.69, 9.17) is 15.6 Å². The van der Waals surface area contributed by atoms with Gasteiger partial charge in [0.15, 0.2) is 11.5 Å². The van der Waals surface area contributed by atoms with Crippen LogP contribution in [0.15, 0.2) is 41.2 Å². The molecule has 0 amide bonds. The van der Waals surface area contributed by atoms with Crippen LogP contribution in [0, 0.1) is 0 Å². The monoisotopic (exact) mass is 434 g/mol. The van der Waals surface area contributed by atoms with Gasteiger partial charge < -0.3 is 20.4 Å². The quantitative estimate of drug-likeness (QED) is 0.675. The summed E-state index contributed by atoms with van der Waals surface area (Å²) in [7, 11) is 2.15. The fraction of sp³-hybridized carbons (Fsp3) is 0.458. The average Bonchev–Trinajstić information content (AvgIpc) is 2.82. The van der Waals surface area contributed by atoms with Crippen molar-refractivity contribution in [2.45, 2.75) is 38.2 Å². The maximum absolute atomic E-state index is 12.6. The Morgan fingerprint density at radius 2 is 1.66 bits per heavy atom. The molecule has 1 aromatic carbocycles. The lowest BCUT2D eigenvalue weighted by molar-refractivity contribution is 0.0156. The van der Waals surface area contributed by atoms with Crippen LogP contribution in [0.5, 0.6) is 0 Å². The third kappa shape index (κ3) is 4.14. The van der Waals surface area contributed by atoms with Crippen LogP contribution in [-0.2, 0) is 0 Å². The lowest BCUT2D eigenvalue weighted by atomic mass is 9.98. The number of nitrogens with zero attached hydrogens (tertiary/aromatic N) is 5. The largest absolute Gasteiger partial charge is 0.405 e. The van der Waals surface area contributed by atoms with Gasteiger partial charge in [-0.2, -0.15) is 0 Å². The number of hydrogen-bond donors (Lipinski definition) is 1. The predicted octanol–water partition coefficient (Wildman–Crippen LogP) is 2.55. The molecule has 1 aliphatic carbocycles. The molecule has 8 heteroatoms. The summed E-state index contributed by atoms with van der Waals surface area (Å²) in [6.45, 7) is 4.15. The fourth-order valence-corrected chi connectivity index (χ4v) is 4.55. The molecule has 2 fully saturated rings. The third-order valence-electron chi connectivity index (χ3n) is 6.54. The number of nitrogens with two attached hydrogens (primary N) is 1. The SMILES string of the molecule is CN1CCN(c2ccc(-c3nc(N)c4ccc(=O)n(OC5CCCCC5)c4n3)cc2)CC1. The molecule has 3 heterocycles. The van der Waals surface area contributed by atoms with E-state index in [1.807, 2.05) is 12.1 Å². The van der Waals surface area contributed by atoms with E-state index in [0.29, 0.717) is 22.7 Å². The lowest BCUT2D eigenvalue weighted by Gasteiger charge is -2.34. The molecule has 2 N–H and O–H groups in total. The molecule has 0 bridgehead atoms. The van der Waals surface area contributed by atoms with Crippen LogP contribution >= 0.6 is 0 Å². The number of benzene rings is 1. The van der Waals surface area contributed by atoms with Crippen LogP contribution in [-0.4, -0.2) is 58.9 Å². The van der Waals surface area contributed by atoms with Crippen molar-refractivity contribution in [1.82, 2.24) is 19.6 Å². The first-order valence-corrected chi connectivity index (χ1v) is 11.5. The molecule has 2 aromatic heterocycles. The Morgan fingerprint density at radius 3 is 2.38 bits per heavy atom. The molecule has 0 radical (unpaired) electrons. The van der Waals surface area contributed by atoms with Gasteiger partial charge in [-0.3, -0.25) is 4.79 Å². The molecule has 1 aliphatic heterocycles. The first-order valence-electron chi connectivity index (χ1n) is 11.5. The molecule has 0 unspecified atom stereocenters. The molecule has 168 valence electrons. The molecular weight excluding hydrogens is 404 g/mol. The summed E-state index contributed by atoms with van der Waals surface area (Å²) in [6.07, 6.45) is 5.37. The number of likely N-dealkylation sites (N-methyl/N-ethyl adjacent to an activating group) is 1. The van der Waals surface area contributed by atoms with Crippen molar-refractivity contribution in [1.29, 1.82) is 0 Å². The van der Waals surface area contributed by atoms with E-state index in [1.54, 1.807) is 6.07 Å². The maximum atomic E-state index is 12.6. The zero-order valence-corrected chi connectivity index (χ0v) is 18.5. The average molecular weight is 435 g/mol. The van der Waals surface area contributed by atoms with Gasteiger partial charge in [0.1, 0.15) is 11.9 Å². The third-order valence-corrected chi connectivity index (χ3v) is 6.54. The van der Waals surface area contributed by atoms with Crippen molar-refractivity contribution >= 4 is 22.5 Å². The summed E-state index contributed by atoms with van der Waals surface area (Å²) in [5, 5.41) is 0.623. The van der Waals surface area contributed by atoms with Crippen LogP contribution in [0.3, 0.4) is 0 Å². The molecule has 2 aliphatic rings. The minimum atomic E-state index is -0.238. The van der Waals surface area contributed by atoms with Gasteiger partial charge in [-0.25, -0.2) is 9.97 Å². The highest BCUT2D eigenvalue weighted by atomic mass is 16.7. The zero-order chi connectivity index (χ0) is 22.1. The van der Waals surface area contributed by atoms with Gasteiger partial charge in [-0.1, -0.05) is 6.42 Å². The van der Waals surface area contributed by atoms with Crippen molar-refractivity contribution < 1.29 is 4.84 Å². The highest BCUT2D eigenvalue weighted by molar-refractivity contribution is 5.87. The highest BCUT2D eigenvalue weighted by Gasteiger charge is 2.19.